The van der Waals surface area contributed by atoms with Gasteiger partial charge >= 0.3 is 0 Å². The first-order valence-electron chi connectivity index (χ1n) is 11.1. The fourth-order valence-electron chi connectivity index (χ4n) is 4.25. The molecular formula is C27H36. The molecule has 0 fully saturated rings. The van der Waals surface area contributed by atoms with Crippen LogP contribution in [0.25, 0.3) is 16.7 Å². The first kappa shape index (κ1) is 19.9. The molecule has 0 bridgehead atoms. The molecule has 0 saturated carbocycles. The molecule has 1 aliphatic carbocycles. The average Bonchev–Trinajstić information content (AvgIpc) is 2.72. The minimum absolute atomic E-state index is 0.923. The normalized spacial score (nSPS) is 17.0. The highest BCUT2D eigenvalue weighted by Crippen LogP contribution is 2.33. The molecule has 0 N–H and O–H groups in total. The van der Waals surface area contributed by atoms with Gasteiger partial charge in [-0.15, -0.1) is 0 Å². The molecule has 27 heavy (non-hydrogen) atoms. The number of hydrogen-bond acceptors (Lipinski definition) is 0. The van der Waals surface area contributed by atoms with Gasteiger partial charge in [-0.1, -0.05) is 112 Å². The molecule has 0 spiro atoms. The number of benzene rings is 2. The van der Waals surface area contributed by atoms with Crippen molar-refractivity contribution in [2.45, 2.75) is 78.1 Å². The predicted octanol–water partition coefficient (Wildman–Crippen LogP) is 8.60. The summed E-state index contributed by atoms with van der Waals surface area (Å²) in [6.45, 7) is 4.43. The standard InChI is InChI=1S/C27H36/c1-3-4-5-6-7-8-9-23-12-16-25(17-13-23)27-20-18-26(19-21-27)24-14-10-22(2)11-15-24/h10-11,14-16,18-21,23H,3-9,12-13,17H2,1-2H3. The van der Waals surface area contributed by atoms with E-state index in [1.807, 2.05) is 0 Å². The van der Waals surface area contributed by atoms with E-state index < -0.39 is 0 Å². The molecule has 144 valence electrons. The van der Waals surface area contributed by atoms with Crippen LogP contribution in [0.1, 0.15) is 82.3 Å². The van der Waals surface area contributed by atoms with Crippen molar-refractivity contribution in [3.63, 3.8) is 0 Å². The topological polar surface area (TPSA) is 0 Å². The summed E-state index contributed by atoms with van der Waals surface area (Å²) in [5.74, 6) is 0.923. The van der Waals surface area contributed by atoms with Crippen LogP contribution < -0.4 is 0 Å². The van der Waals surface area contributed by atoms with Crippen LogP contribution in [-0.4, -0.2) is 0 Å². The van der Waals surface area contributed by atoms with Gasteiger partial charge in [0.15, 0.2) is 0 Å². The lowest BCUT2D eigenvalue weighted by atomic mass is 9.83. The highest BCUT2D eigenvalue weighted by Gasteiger charge is 2.15. The van der Waals surface area contributed by atoms with E-state index in [-0.39, 0.29) is 0 Å². The Labute approximate surface area is 166 Å². The fraction of sp³-hybridized carbons (Fsp3) is 0.481. The van der Waals surface area contributed by atoms with Gasteiger partial charge < -0.3 is 0 Å². The summed E-state index contributed by atoms with van der Waals surface area (Å²) in [5.41, 5.74) is 6.92. The van der Waals surface area contributed by atoms with Gasteiger partial charge in [0.25, 0.3) is 0 Å². The quantitative estimate of drug-likeness (QED) is 0.393. The Hall–Kier alpha value is -1.82. The minimum Gasteiger partial charge on any atom is -0.0804 e. The Morgan fingerprint density at radius 1 is 0.741 bits per heavy atom. The molecule has 1 aliphatic rings. The molecular weight excluding hydrogens is 324 g/mol. The smallest absolute Gasteiger partial charge is 0.0184 e. The Morgan fingerprint density at radius 2 is 1.33 bits per heavy atom. The molecule has 0 nitrogen and oxygen atoms in total. The second kappa shape index (κ2) is 10.5. The van der Waals surface area contributed by atoms with Crippen LogP contribution in [0.4, 0.5) is 0 Å². The van der Waals surface area contributed by atoms with E-state index >= 15 is 0 Å². The van der Waals surface area contributed by atoms with E-state index in [0.29, 0.717) is 0 Å². The number of allylic oxidation sites excluding steroid dienone is 2. The summed E-state index contributed by atoms with van der Waals surface area (Å²) in [7, 11) is 0. The summed E-state index contributed by atoms with van der Waals surface area (Å²) in [6, 6.07) is 18.0. The summed E-state index contributed by atoms with van der Waals surface area (Å²) in [5, 5.41) is 0. The second-order valence-corrected chi connectivity index (χ2v) is 8.37. The van der Waals surface area contributed by atoms with E-state index in [1.54, 1.807) is 5.57 Å². The molecule has 2 aromatic rings. The molecule has 2 aromatic carbocycles. The summed E-state index contributed by atoms with van der Waals surface area (Å²) < 4.78 is 0. The number of unbranched alkanes of at least 4 members (excludes halogenated alkanes) is 5. The molecule has 3 rings (SSSR count). The zero-order chi connectivity index (χ0) is 18.9. The van der Waals surface area contributed by atoms with Gasteiger partial charge in [0.1, 0.15) is 0 Å². The van der Waals surface area contributed by atoms with Gasteiger partial charge in [0.2, 0.25) is 0 Å². The average molecular weight is 361 g/mol. The van der Waals surface area contributed by atoms with Gasteiger partial charge in [-0.25, -0.2) is 0 Å². The van der Waals surface area contributed by atoms with Crippen molar-refractivity contribution in [3.05, 3.63) is 65.7 Å². The molecule has 1 atom stereocenters. The van der Waals surface area contributed by atoms with Crippen molar-refractivity contribution >= 4 is 5.57 Å². The van der Waals surface area contributed by atoms with Crippen molar-refractivity contribution in [1.29, 1.82) is 0 Å². The summed E-state index contributed by atoms with van der Waals surface area (Å²) in [6.07, 6.45) is 16.4. The van der Waals surface area contributed by atoms with Crippen LogP contribution in [0.15, 0.2) is 54.6 Å². The SMILES string of the molecule is CCCCCCCCC1CC=C(c2ccc(-c3ccc(C)cc3)cc2)CC1. The molecule has 0 radical (unpaired) electrons. The van der Waals surface area contributed by atoms with Crippen molar-refractivity contribution in [2.24, 2.45) is 5.92 Å². The van der Waals surface area contributed by atoms with Crippen LogP contribution in [0.3, 0.4) is 0 Å². The van der Waals surface area contributed by atoms with Gasteiger partial charge in [0.05, 0.1) is 0 Å². The van der Waals surface area contributed by atoms with Crippen molar-refractivity contribution in [1.82, 2.24) is 0 Å². The van der Waals surface area contributed by atoms with E-state index in [0.717, 1.165) is 5.92 Å². The maximum absolute atomic E-state index is 2.52. The van der Waals surface area contributed by atoms with Crippen molar-refractivity contribution in [2.75, 3.05) is 0 Å². The maximum Gasteiger partial charge on any atom is -0.0184 e. The molecule has 0 saturated heterocycles. The van der Waals surface area contributed by atoms with Crippen molar-refractivity contribution < 1.29 is 0 Å². The third-order valence-corrected chi connectivity index (χ3v) is 6.13. The number of aryl methyl sites for hydroxylation is 1. The van der Waals surface area contributed by atoms with Gasteiger partial charge in [0, 0.05) is 0 Å². The summed E-state index contributed by atoms with van der Waals surface area (Å²) >= 11 is 0. The lowest BCUT2D eigenvalue weighted by Crippen LogP contribution is -2.05. The summed E-state index contributed by atoms with van der Waals surface area (Å²) in [4.78, 5) is 0. The van der Waals surface area contributed by atoms with E-state index in [9.17, 15) is 0 Å². The van der Waals surface area contributed by atoms with E-state index in [1.165, 1.54) is 86.5 Å². The van der Waals surface area contributed by atoms with Crippen LogP contribution >= 0.6 is 0 Å². The third kappa shape index (κ3) is 6.09. The number of rotatable bonds is 9. The second-order valence-electron chi connectivity index (χ2n) is 8.37. The molecule has 0 heterocycles. The number of hydrogen-bond donors (Lipinski definition) is 0. The minimum atomic E-state index is 0.923. The highest BCUT2D eigenvalue weighted by molar-refractivity contribution is 5.71. The van der Waals surface area contributed by atoms with E-state index in [4.69, 9.17) is 0 Å². The molecule has 0 aliphatic heterocycles. The lowest BCUT2D eigenvalue weighted by Gasteiger charge is -2.22. The first-order valence-corrected chi connectivity index (χ1v) is 11.1. The third-order valence-electron chi connectivity index (χ3n) is 6.13. The lowest BCUT2D eigenvalue weighted by molar-refractivity contribution is 0.423. The zero-order valence-corrected chi connectivity index (χ0v) is 17.3. The van der Waals surface area contributed by atoms with Crippen LogP contribution in [0, 0.1) is 12.8 Å². The Morgan fingerprint density at radius 3 is 1.96 bits per heavy atom. The molecule has 0 heteroatoms. The van der Waals surface area contributed by atoms with Crippen molar-refractivity contribution in [3.8, 4) is 11.1 Å². The van der Waals surface area contributed by atoms with Gasteiger partial charge in [-0.05, 0) is 54.4 Å². The van der Waals surface area contributed by atoms with Gasteiger partial charge in [-0.2, -0.15) is 0 Å². The zero-order valence-electron chi connectivity index (χ0n) is 17.3. The fourth-order valence-corrected chi connectivity index (χ4v) is 4.25. The highest BCUT2D eigenvalue weighted by atomic mass is 14.2. The first-order chi connectivity index (χ1) is 13.3. The van der Waals surface area contributed by atoms with Gasteiger partial charge in [-0.3, -0.25) is 0 Å². The molecule has 0 aromatic heterocycles. The largest absolute Gasteiger partial charge is 0.0804 e. The molecule has 0 amide bonds. The molecule has 1 unspecified atom stereocenters. The Bertz CT molecular complexity index is 703. The van der Waals surface area contributed by atoms with E-state index in [2.05, 4.69) is 68.5 Å². The predicted molar refractivity (Wildman–Crippen MR) is 120 cm³/mol. The Kier molecular flexibility index (Phi) is 7.75. The van der Waals surface area contributed by atoms with Crippen LogP contribution in [0.5, 0.6) is 0 Å². The Balaban J connectivity index is 1.48. The monoisotopic (exact) mass is 360 g/mol. The van der Waals surface area contributed by atoms with Crippen LogP contribution in [0.2, 0.25) is 0 Å². The maximum atomic E-state index is 2.52. The van der Waals surface area contributed by atoms with Crippen LogP contribution in [-0.2, 0) is 0 Å².